The van der Waals surface area contributed by atoms with Crippen LogP contribution in [0.15, 0.2) is 48.5 Å². The van der Waals surface area contributed by atoms with Gasteiger partial charge in [0.05, 0.1) is 0 Å². The number of rotatable bonds is 1. The van der Waals surface area contributed by atoms with E-state index in [1.807, 2.05) is 11.3 Å². The maximum atomic E-state index is 2.28. The molecule has 0 aliphatic heterocycles. The third-order valence-electron chi connectivity index (χ3n) is 4.26. The van der Waals surface area contributed by atoms with Crippen molar-refractivity contribution in [2.24, 2.45) is 0 Å². The van der Waals surface area contributed by atoms with Crippen molar-refractivity contribution in [2.75, 3.05) is 0 Å². The van der Waals surface area contributed by atoms with E-state index in [-0.39, 0.29) is 0 Å². The van der Waals surface area contributed by atoms with Crippen LogP contribution in [-0.4, -0.2) is 0 Å². The number of aryl methyl sites for hydroxylation is 2. The SMILES string of the molecule is CCc1c(C)c2sc3ccccc3c2c2ccccc12. The molecule has 3 aromatic carbocycles. The molecule has 0 aliphatic rings. The third-order valence-corrected chi connectivity index (χ3v) is 5.55. The van der Waals surface area contributed by atoms with Crippen LogP contribution in [-0.2, 0) is 6.42 Å². The highest BCUT2D eigenvalue weighted by Gasteiger charge is 2.14. The van der Waals surface area contributed by atoms with Crippen LogP contribution in [0, 0.1) is 6.92 Å². The summed E-state index contributed by atoms with van der Waals surface area (Å²) in [6.07, 6.45) is 1.09. The second-order valence-electron chi connectivity index (χ2n) is 5.31. The standard InChI is InChI=1S/C19H16S/c1-3-13-12(2)19-18(15-9-5-4-8-14(13)15)16-10-6-7-11-17(16)20-19/h4-11H,3H2,1-2H3. The summed E-state index contributed by atoms with van der Waals surface area (Å²) in [6, 6.07) is 17.6. The van der Waals surface area contributed by atoms with Gasteiger partial charge in [0.1, 0.15) is 0 Å². The minimum Gasteiger partial charge on any atom is -0.135 e. The van der Waals surface area contributed by atoms with Crippen LogP contribution in [0.5, 0.6) is 0 Å². The van der Waals surface area contributed by atoms with Crippen molar-refractivity contribution < 1.29 is 0 Å². The molecule has 4 aromatic rings. The number of fused-ring (bicyclic) bond motifs is 5. The van der Waals surface area contributed by atoms with Crippen molar-refractivity contribution in [3.05, 3.63) is 59.7 Å². The van der Waals surface area contributed by atoms with Gasteiger partial charge in [0.25, 0.3) is 0 Å². The predicted octanol–water partition coefficient (Wildman–Crippen LogP) is 6.08. The van der Waals surface area contributed by atoms with Gasteiger partial charge in [0.2, 0.25) is 0 Å². The molecule has 20 heavy (non-hydrogen) atoms. The van der Waals surface area contributed by atoms with Gasteiger partial charge in [-0.05, 0) is 41.3 Å². The van der Waals surface area contributed by atoms with Crippen molar-refractivity contribution in [1.29, 1.82) is 0 Å². The first-order valence-electron chi connectivity index (χ1n) is 7.12. The molecular weight excluding hydrogens is 260 g/mol. The van der Waals surface area contributed by atoms with Crippen LogP contribution in [0.25, 0.3) is 30.9 Å². The fourth-order valence-corrected chi connectivity index (χ4v) is 4.58. The monoisotopic (exact) mass is 276 g/mol. The molecule has 0 saturated heterocycles. The molecule has 1 heteroatoms. The maximum Gasteiger partial charge on any atom is 0.0393 e. The van der Waals surface area contributed by atoms with Crippen LogP contribution in [0.3, 0.4) is 0 Å². The zero-order valence-electron chi connectivity index (χ0n) is 11.7. The van der Waals surface area contributed by atoms with E-state index in [1.165, 1.54) is 42.1 Å². The van der Waals surface area contributed by atoms with Gasteiger partial charge in [-0.1, -0.05) is 49.4 Å². The second-order valence-corrected chi connectivity index (χ2v) is 6.36. The Labute approximate surface area is 122 Å². The second kappa shape index (κ2) is 4.32. The molecule has 98 valence electrons. The summed E-state index contributed by atoms with van der Waals surface area (Å²) >= 11 is 1.93. The van der Waals surface area contributed by atoms with Gasteiger partial charge in [-0.25, -0.2) is 0 Å². The minimum atomic E-state index is 1.09. The highest BCUT2D eigenvalue weighted by molar-refractivity contribution is 7.26. The highest BCUT2D eigenvalue weighted by Crippen LogP contribution is 2.42. The van der Waals surface area contributed by atoms with E-state index in [9.17, 15) is 0 Å². The first-order valence-corrected chi connectivity index (χ1v) is 7.94. The number of benzene rings is 3. The van der Waals surface area contributed by atoms with Crippen LogP contribution < -0.4 is 0 Å². The van der Waals surface area contributed by atoms with Crippen LogP contribution in [0.4, 0.5) is 0 Å². The molecule has 4 rings (SSSR count). The molecule has 1 aromatic heterocycles. The maximum absolute atomic E-state index is 2.28. The molecule has 0 saturated carbocycles. The number of hydrogen-bond donors (Lipinski definition) is 0. The molecule has 0 N–H and O–H groups in total. The van der Waals surface area contributed by atoms with Crippen molar-refractivity contribution in [3.8, 4) is 0 Å². The summed E-state index contributed by atoms with van der Waals surface area (Å²) < 4.78 is 2.85. The summed E-state index contributed by atoms with van der Waals surface area (Å²) in [5, 5.41) is 5.66. The van der Waals surface area contributed by atoms with E-state index in [4.69, 9.17) is 0 Å². The molecule has 0 nitrogen and oxygen atoms in total. The smallest absolute Gasteiger partial charge is 0.0393 e. The first-order chi connectivity index (χ1) is 9.81. The van der Waals surface area contributed by atoms with Gasteiger partial charge in [0.15, 0.2) is 0 Å². The van der Waals surface area contributed by atoms with E-state index in [0.717, 1.165) is 6.42 Å². The predicted molar refractivity (Wildman–Crippen MR) is 91.0 cm³/mol. The Morgan fingerprint density at radius 1 is 0.850 bits per heavy atom. The number of thiophene rings is 1. The van der Waals surface area contributed by atoms with E-state index in [0.29, 0.717) is 0 Å². The van der Waals surface area contributed by atoms with Crippen LogP contribution >= 0.6 is 11.3 Å². The Balaban J connectivity index is 2.39. The average Bonchev–Trinajstić information content (AvgIpc) is 2.88. The van der Waals surface area contributed by atoms with Crippen LogP contribution in [0.2, 0.25) is 0 Å². The van der Waals surface area contributed by atoms with Gasteiger partial charge >= 0.3 is 0 Å². The van der Waals surface area contributed by atoms with Gasteiger partial charge in [-0.2, -0.15) is 0 Å². The quantitative estimate of drug-likeness (QED) is 0.395. The van der Waals surface area contributed by atoms with Crippen molar-refractivity contribution in [1.82, 2.24) is 0 Å². The Bertz CT molecular complexity index is 944. The minimum absolute atomic E-state index is 1.09. The topological polar surface area (TPSA) is 0 Å². The Morgan fingerprint density at radius 3 is 2.25 bits per heavy atom. The Morgan fingerprint density at radius 2 is 1.50 bits per heavy atom. The van der Waals surface area contributed by atoms with Gasteiger partial charge in [-0.3, -0.25) is 0 Å². The van der Waals surface area contributed by atoms with Crippen molar-refractivity contribution in [3.63, 3.8) is 0 Å². The highest BCUT2D eigenvalue weighted by atomic mass is 32.1. The van der Waals surface area contributed by atoms with E-state index in [2.05, 4.69) is 62.4 Å². The average molecular weight is 276 g/mol. The normalized spacial score (nSPS) is 11.7. The molecule has 1 heterocycles. The lowest BCUT2D eigenvalue weighted by Gasteiger charge is -2.11. The summed E-state index contributed by atoms with van der Waals surface area (Å²) in [7, 11) is 0. The molecule has 0 amide bonds. The lowest BCUT2D eigenvalue weighted by Crippen LogP contribution is -1.90. The largest absolute Gasteiger partial charge is 0.135 e. The lowest BCUT2D eigenvalue weighted by atomic mass is 9.94. The van der Waals surface area contributed by atoms with E-state index in [1.54, 1.807) is 0 Å². The van der Waals surface area contributed by atoms with Crippen molar-refractivity contribution >= 4 is 42.3 Å². The Hall–Kier alpha value is -1.86. The lowest BCUT2D eigenvalue weighted by molar-refractivity contribution is 1.14. The molecule has 0 aliphatic carbocycles. The molecule has 0 radical (unpaired) electrons. The van der Waals surface area contributed by atoms with E-state index >= 15 is 0 Å². The summed E-state index contributed by atoms with van der Waals surface area (Å²) in [4.78, 5) is 0. The van der Waals surface area contributed by atoms with Crippen LogP contribution in [0.1, 0.15) is 18.1 Å². The van der Waals surface area contributed by atoms with E-state index < -0.39 is 0 Å². The summed E-state index contributed by atoms with van der Waals surface area (Å²) in [6.45, 7) is 4.54. The molecular formula is C19H16S. The van der Waals surface area contributed by atoms with Gasteiger partial charge < -0.3 is 0 Å². The fraction of sp³-hybridized carbons (Fsp3) is 0.158. The zero-order chi connectivity index (χ0) is 13.7. The summed E-state index contributed by atoms with van der Waals surface area (Å²) in [5.41, 5.74) is 2.96. The first kappa shape index (κ1) is 11.9. The fourth-order valence-electron chi connectivity index (χ4n) is 3.34. The number of hydrogen-bond acceptors (Lipinski definition) is 1. The molecule has 0 spiro atoms. The zero-order valence-corrected chi connectivity index (χ0v) is 12.6. The van der Waals surface area contributed by atoms with Gasteiger partial charge in [-0.15, -0.1) is 11.3 Å². The van der Waals surface area contributed by atoms with Crippen molar-refractivity contribution in [2.45, 2.75) is 20.3 Å². The molecule has 0 bridgehead atoms. The molecule has 0 atom stereocenters. The molecule has 0 unspecified atom stereocenters. The molecule has 0 fully saturated rings. The third kappa shape index (κ3) is 1.47. The van der Waals surface area contributed by atoms with Gasteiger partial charge in [0, 0.05) is 20.2 Å². The summed E-state index contributed by atoms with van der Waals surface area (Å²) in [5.74, 6) is 0. The Kier molecular flexibility index (Phi) is 2.58.